The Bertz CT molecular complexity index is 2330. The molecule has 0 saturated carbocycles. The highest BCUT2D eigenvalue weighted by molar-refractivity contribution is 6.07. The Labute approximate surface area is 332 Å². The lowest BCUT2D eigenvalue weighted by Gasteiger charge is -2.14. The van der Waals surface area contributed by atoms with Crippen LogP contribution >= 0.6 is 0 Å². The van der Waals surface area contributed by atoms with Crippen molar-refractivity contribution in [2.24, 2.45) is 0 Å². The molecule has 6 rings (SSSR count). The smallest absolute Gasteiger partial charge is 0.324 e. The van der Waals surface area contributed by atoms with Crippen LogP contribution in [0.2, 0.25) is 0 Å². The van der Waals surface area contributed by atoms with E-state index in [-0.39, 0.29) is 5.41 Å². The Morgan fingerprint density at radius 2 is 1.58 bits per heavy atom. The summed E-state index contributed by atoms with van der Waals surface area (Å²) in [6.07, 6.45) is 7.33. The molecule has 0 spiro atoms. The van der Waals surface area contributed by atoms with Gasteiger partial charge in [0.1, 0.15) is 23.9 Å². The van der Waals surface area contributed by atoms with E-state index in [2.05, 4.69) is 52.6 Å². The van der Waals surface area contributed by atoms with Crippen LogP contribution in [-0.2, 0) is 19.6 Å². The van der Waals surface area contributed by atoms with Gasteiger partial charge in [-0.05, 0) is 43.3 Å². The lowest BCUT2D eigenvalue weighted by molar-refractivity contribution is 0.0180. The number of ether oxygens (including phenoxy) is 5. The molecule has 4 aromatic carbocycles. The van der Waals surface area contributed by atoms with Crippen molar-refractivity contribution in [2.45, 2.75) is 33.1 Å². The van der Waals surface area contributed by atoms with Crippen molar-refractivity contribution in [1.82, 2.24) is 19.7 Å². The zero-order valence-electron chi connectivity index (χ0n) is 32.8. The van der Waals surface area contributed by atoms with Crippen LogP contribution in [-0.4, -0.2) is 72.5 Å². The molecule has 2 heterocycles. The molecule has 0 aliphatic rings. The fourth-order valence-corrected chi connectivity index (χ4v) is 5.68. The fourth-order valence-electron chi connectivity index (χ4n) is 5.68. The number of benzene rings is 4. The summed E-state index contributed by atoms with van der Waals surface area (Å²) in [5.41, 5.74) is 4.46. The normalized spacial score (nSPS) is 11.2. The van der Waals surface area contributed by atoms with Crippen molar-refractivity contribution < 1.29 is 28.5 Å². The Hall–Kier alpha value is -6.46. The Morgan fingerprint density at radius 3 is 2.32 bits per heavy atom. The summed E-state index contributed by atoms with van der Waals surface area (Å²) in [5.74, 6) is 4.92. The second kappa shape index (κ2) is 18.9. The summed E-state index contributed by atoms with van der Waals surface area (Å²) in [4.78, 5) is 22.5. The predicted molar refractivity (Wildman–Crippen MR) is 222 cm³/mol. The van der Waals surface area contributed by atoms with E-state index in [0.29, 0.717) is 85.7 Å². The van der Waals surface area contributed by atoms with E-state index in [0.717, 1.165) is 27.7 Å². The van der Waals surface area contributed by atoms with Gasteiger partial charge in [-0.2, -0.15) is 10.1 Å². The maximum absolute atomic E-state index is 13.5. The number of aromatic nitrogens is 4. The zero-order chi connectivity index (χ0) is 40.2. The van der Waals surface area contributed by atoms with E-state index in [1.165, 1.54) is 0 Å². The minimum Gasteiger partial charge on any atom is -0.491 e. The van der Waals surface area contributed by atoms with Crippen molar-refractivity contribution in [3.63, 3.8) is 0 Å². The quantitative estimate of drug-likeness (QED) is 0.0610. The number of carbonyl (C=O) groups excluding carboxylic acids is 1. The van der Waals surface area contributed by atoms with E-state index in [1.54, 1.807) is 54.4 Å². The van der Waals surface area contributed by atoms with Crippen molar-refractivity contribution in [3.8, 4) is 35.4 Å². The molecule has 13 nitrogen and oxygen atoms in total. The van der Waals surface area contributed by atoms with E-state index in [4.69, 9.17) is 35.2 Å². The molecule has 2 aromatic heterocycles. The van der Waals surface area contributed by atoms with Gasteiger partial charge in [-0.15, -0.1) is 6.42 Å². The zero-order valence-corrected chi connectivity index (χ0v) is 32.8. The van der Waals surface area contributed by atoms with Crippen LogP contribution in [0.25, 0.3) is 16.5 Å². The molecule has 0 aliphatic carbocycles. The van der Waals surface area contributed by atoms with Crippen molar-refractivity contribution in [3.05, 3.63) is 114 Å². The molecule has 0 atom stereocenters. The number of nitrogens with zero attached hydrogens (tertiary/aromatic N) is 4. The van der Waals surface area contributed by atoms with Crippen LogP contribution in [0, 0.1) is 19.3 Å². The molecule has 0 unspecified atom stereocenters. The predicted octanol–water partition coefficient (Wildman–Crippen LogP) is 8.64. The van der Waals surface area contributed by atoms with E-state index in [1.807, 2.05) is 61.5 Å². The summed E-state index contributed by atoms with van der Waals surface area (Å²) in [7, 11) is 1.63. The van der Waals surface area contributed by atoms with Gasteiger partial charge in [0.2, 0.25) is 11.8 Å². The maximum Gasteiger partial charge on any atom is 0.324 e. The van der Waals surface area contributed by atoms with Crippen LogP contribution < -0.4 is 25.4 Å². The summed E-state index contributed by atoms with van der Waals surface area (Å²) in [5, 5.41) is 15.6. The van der Waals surface area contributed by atoms with Crippen molar-refractivity contribution in [1.29, 1.82) is 0 Å². The molecule has 2 amide bonds. The van der Waals surface area contributed by atoms with E-state index in [9.17, 15) is 4.79 Å². The van der Waals surface area contributed by atoms with Crippen LogP contribution in [0.5, 0.6) is 17.4 Å². The third-order valence-corrected chi connectivity index (χ3v) is 8.60. The van der Waals surface area contributed by atoms with Crippen molar-refractivity contribution >= 4 is 39.9 Å². The molecule has 13 heteroatoms. The molecule has 57 heavy (non-hydrogen) atoms. The standard InChI is InChI=1S/C44H47N7O6/c1-7-31-26-32(28-34(27-31)56-25-24-55-23-22-54-21-20-53-6)46-42-45-19-18-41(49-42)57-38-17-16-37(35-10-8-9-11-36(35)38)47-43(52)48-40-29-39(44(3,4)5)50-51(40)33-14-12-30(2)13-15-33/h1,8-19,26-29H,20-25H2,2-6H3,(H,45,46,49)(H2,47,48,52). The largest absolute Gasteiger partial charge is 0.491 e. The molecule has 0 aliphatic heterocycles. The first-order chi connectivity index (χ1) is 27.6. The van der Waals surface area contributed by atoms with Gasteiger partial charge in [-0.1, -0.05) is 68.7 Å². The van der Waals surface area contributed by atoms with E-state index >= 15 is 0 Å². The highest BCUT2D eigenvalue weighted by atomic mass is 16.6. The summed E-state index contributed by atoms with van der Waals surface area (Å²) in [6.45, 7) is 11.0. The highest BCUT2D eigenvalue weighted by Crippen LogP contribution is 2.35. The number of fused-ring (bicyclic) bond motifs is 1. The molecule has 6 aromatic rings. The number of terminal acetylenes is 1. The molecular formula is C44H47N7O6. The SMILES string of the molecule is C#Cc1cc(Nc2nccc(Oc3ccc(NC(=O)Nc4cc(C(C)(C)C)nn4-c4ccc(C)cc4)c4ccccc34)n2)cc(OCCOCCOCCOC)c1. The maximum atomic E-state index is 13.5. The van der Waals surface area contributed by atoms with Gasteiger partial charge >= 0.3 is 6.03 Å². The summed E-state index contributed by atoms with van der Waals surface area (Å²) < 4.78 is 29.9. The number of urea groups is 1. The topological polar surface area (TPSA) is 143 Å². The van der Waals surface area contributed by atoms with Crippen LogP contribution in [0.3, 0.4) is 0 Å². The molecule has 0 fully saturated rings. The second-order valence-corrected chi connectivity index (χ2v) is 14.1. The van der Waals surface area contributed by atoms with E-state index < -0.39 is 6.03 Å². The Balaban J connectivity index is 1.12. The third kappa shape index (κ3) is 11.1. The van der Waals surface area contributed by atoms with Crippen LogP contribution in [0.15, 0.2) is 97.2 Å². The number of nitrogens with one attached hydrogen (secondary N) is 3. The van der Waals surface area contributed by atoms with Crippen LogP contribution in [0.1, 0.15) is 37.6 Å². The average molecular weight is 770 g/mol. The number of hydrogen-bond acceptors (Lipinski definition) is 10. The van der Waals surface area contributed by atoms with Gasteiger partial charge in [-0.25, -0.2) is 14.5 Å². The van der Waals surface area contributed by atoms with Gasteiger partial charge in [0.25, 0.3) is 0 Å². The second-order valence-electron chi connectivity index (χ2n) is 14.1. The minimum atomic E-state index is -0.413. The fraction of sp³-hybridized carbons (Fsp3) is 0.273. The molecule has 0 saturated heterocycles. The number of aryl methyl sites for hydroxylation is 1. The highest BCUT2D eigenvalue weighted by Gasteiger charge is 2.22. The number of carbonyl (C=O) groups is 1. The number of rotatable bonds is 17. The Morgan fingerprint density at radius 1 is 0.842 bits per heavy atom. The molecule has 3 N–H and O–H groups in total. The first-order valence-electron chi connectivity index (χ1n) is 18.5. The minimum absolute atomic E-state index is 0.224. The van der Waals surface area contributed by atoms with Gasteiger partial charge in [0.15, 0.2) is 0 Å². The Kier molecular flexibility index (Phi) is 13.3. The summed E-state index contributed by atoms with van der Waals surface area (Å²) >= 11 is 0. The number of anilines is 4. The van der Waals surface area contributed by atoms with Gasteiger partial charge in [0.05, 0.1) is 50.1 Å². The number of hydrogen-bond donors (Lipinski definition) is 3. The molecule has 0 radical (unpaired) electrons. The van der Waals surface area contributed by atoms with Crippen molar-refractivity contribution in [2.75, 3.05) is 62.7 Å². The summed E-state index contributed by atoms with van der Waals surface area (Å²) in [6, 6.07) is 27.8. The monoisotopic (exact) mass is 769 g/mol. The lowest BCUT2D eigenvalue weighted by atomic mass is 9.92. The molecular weight excluding hydrogens is 723 g/mol. The first kappa shape index (κ1) is 40.2. The van der Waals surface area contributed by atoms with Crippen LogP contribution in [0.4, 0.5) is 27.9 Å². The van der Waals surface area contributed by atoms with Gasteiger partial charge < -0.3 is 34.3 Å². The van der Waals surface area contributed by atoms with Gasteiger partial charge in [0, 0.05) is 58.9 Å². The first-order valence-corrected chi connectivity index (χ1v) is 18.5. The molecule has 0 bridgehead atoms. The third-order valence-electron chi connectivity index (χ3n) is 8.60. The average Bonchev–Trinajstić information content (AvgIpc) is 3.63. The molecule has 294 valence electrons. The lowest BCUT2D eigenvalue weighted by Crippen LogP contribution is -2.21. The van der Waals surface area contributed by atoms with Gasteiger partial charge in [-0.3, -0.25) is 5.32 Å². The number of amides is 2. The number of methoxy groups -OCH3 is 1.